The van der Waals surface area contributed by atoms with Crippen molar-refractivity contribution in [2.24, 2.45) is 0 Å². The second kappa shape index (κ2) is 7.88. The summed E-state index contributed by atoms with van der Waals surface area (Å²) in [5, 5.41) is 6.76. The molecule has 2 aromatic rings. The number of halogens is 1. The van der Waals surface area contributed by atoms with Crippen LogP contribution in [0.15, 0.2) is 36.5 Å². The van der Waals surface area contributed by atoms with Crippen LogP contribution < -0.4 is 10.6 Å². The second-order valence-corrected chi connectivity index (χ2v) is 6.33. The van der Waals surface area contributed by atoms with Crippen molar-refractivity contribution in [1.82, 2.24) is 10.3 Å². The van der Waals surface area contributed by atoms with E-state index in [1.807, 2.05) is 30.3 Å². The Balaban J connectivity index is 0.00000192. The van der Waals surface area contributed by atoms with Crippen molar-refractivity contribution in [3.8, 4) is 10.4 Å². The first-order chi connectivity index (χ1) is 10.7. The summed E-state index contributed by atoms with van der Waals surface area (Å²) < 4.78 is 5.53. The minimum absolute atomic E-state index is 0. The van der Waals surface area contributed by atoms with Crippen LogP contribution in [0.4, 0.5) is 5.13 Å². The molecule has 1 fully saturated rings. The number of piperidine rings is 1. The third-order valence-corrected chi connectivity index (χ3v) is 4.96. The Morgan fingerprint density at radius 3 is 2.65 bits per heavy atom. The summed E-state index contributed by atoms with van der Waals surface area (Å²) in [6.45, 7) is 1.57. The molecule has 0 spiro atoms. The molecule has 7 heteroatoms. The van der Waals surface area contributed by atoms with Gasteiger partial charge in [0.2, 0.25) is 0 Å². The van der Waals surface area contributed by atoms with Crippen molar-refractivity contribution >= 4 is 34.8 Å². The number of thiazole rings is 1. The van der Waals surface area contributed by atoms with Gasteiger partial charge >= 0.3 is 0 Å². The molecule has 1 saturated heterocycles. The van der Waals surface area contributed by atoms with E-state index in [9.17, 15) is 4.79 Å². The highest BCUT2D eigenvalue weighted by Crippen LogP contribution is 2.30. The lowest BCUT2D eigenvalue weighted by molar-refractivity contribution is -0.140. The number of nitrogens with zero attached hydrogens (tertiary/aromatic N) is 1. The highest BCUT2D eigenvalue weighted by molar-refractivity contribution is 7.19. The number of anilines is 1. The number of hydrogen-bond acceptors (Lipinski definition) is 5. The van der Waals surface area contributed by atoms with Crippen LogP contribution in [0.2, 0.25) is 0 Å². The largest absolute Gasteiger partial charge is 0.368 e. The van der Waals surface area contributed by atoms with Gasteiger partial charge in [-0.3, -0.25) is 10.1 Å². The van der Waals surface area contributed by atoms with Gasteiger partial charge in [-0.25, -0.2) is 4.98 Å². The maximum absolute atomic E-state index is 12.6. The van der Waals surface area contributed by atoms with Gasteiger partial charge in [0.1, 0.15) is 5.60 Å². The van der Waals surface area contributed by atoms with E-state index in [0.29, 0.717) is 18.0 Å². The van der Waals surface area contributed by atoms with Gasteiger partial charge < -0.3 is 10.1 Å². The molecule has 2 N–H and O–H groups in total. The topological polar surface area (TPSA) is 63.2 Å². The third-order valence-electron chi connectivity index (χ3n) is 4.00. The molecule has 3 rings (SSSR count). The SMILES string of the molecule is COC1(C(=O)Nc2ncc(-c3ccccc3)s2)CCNCC1.Cl. The van der Waals surface area contributed by atoms with Crippen molar-refractivity contribution in [2.45, 2.75) is 18.4 Å². The fraction of sp³-hybridized carbons (Fsp3) is 0.375. The molecule has 23 heavy (non-hydrogen) atoms. The van der Waals surface area contributed by atoms with E-state index >= 15 is 0 Å². The first kappa shape index (κ1) is 17.9. The zero-order valence-electron chi connectivity index (χ0n) is 12.9. The Labute approximate surface area is 145 Å². The smallest absolute Gasteiger partial charge is 0.258 e. The average molecular weight is 354 g/mol. The molecule has 124 valence electrons. The summed E-state index contributed by atoms with van der Waals surface area (Å²) in [6, 6.07) is 10.0. The molecule has 1 aromatic carbocycles. The van der Waals surface area contributed by atoms with Crippen LogP contribution in [0, 0.1) is 0 Å². The second-order valence-electron chi connectivity index (χ2n) is 5.30. The van der Waals surface area contributed by atoms with E-state index in [2.05, 4.69) is 15.6 Å². The number of nitrogens with one attached hydrogen (secondary N) is 2. The number of aromatic nitrogens is 1. The van der Waals surface area contributed by atoms with Crippen molar-refractivity contribution in [3.05, 3.63) is 36.5 Å². The van der Waals surface area contributed by atoms with Crippen LogP contribution in [-0.2, 0) is 9.53 Å². The molecule has 0 bridgehead atoms. The van der Waals surface area contributed by atoms with Gasteiger partial charge in [-0.05, 0) is 31.5 Å². The molecule has 1 aliphatic rings. The number of hydrogen-bond donors (Lipinski definition) is 2. The molecule has 2 heterocycles. The van der Waals surface area contributed by atoms with Gasteiger partial charge in [-0.2, -0.15) is 0 Å². The molecule has 1 amide bonds. The molecule has 1 aromatic heterocycles. The maximum Gasteiger partial charge on any atom is 0.258 e. The number of rotatable bonds is 4. The predicted molar refractivity (Wildman–Crippen MR) is 95.3 cm³/mol. The van der Waals surface area contributed by atoms with E-state index in [0.717, 1.165) is 23.5 Å². The minimum atomic E-state index is -0.746. The van der Waals surface area contributed by atoms with Crippen LogP contribution in [0.3, 0.4) is 0 Å². The van der Waals surface area contributed by atoms with E-state index < -0.39 is 5.60 Å². The Bertz CT molecular complexity index is 642. The number of methoxy groups -OCH3 is 1. The van der Waals surface area contributed by atoms with Gasteiger partial charge in [0, 0.05) is 13.3 Å². The van der Waals surface area contributed by atoms with Gasteiger partial charge in [0.05, 0.1) is 4.88 Å². The zero-order chi connectivity index (χ0) is 15.4. The molecular formula is C16H20ClN3O2S. The Kier molecular flexibility index (Phi) is 6.12. The summed E-state index contributed by atoms with van der Waals surface area (Å²) >= 11 is 1.47. The molecule has 0 aliphatic carbocycles. The Morgan fingerprint density at radius 2 is 2.00 bits per heavy atom. The van der Waals surface area contributed by atoms with Crippen LogP contribution in [0.1, 0.15) is 12.8 Å². The molecule has 5 nitrogen and oxygen atoms in total. The summed E-state index contributed by atoms with van der Waals surface area (Å²) in [7, 11) is 1.60. The zero-order valence-corrected chi connectivity index (χ0v) is 14.5. The van der Waals surface area contributed by atoms with Crippen molar-refractivity contribution in [3.63, 3.8) is 0 Å². The molecule has 0 radical (unpaired) electrons. The number of carbonyl (C=O) groups excluding carboxylic acids is 1. The number of amides is 1. The van der Waals surface area contributed by atoms with Gasteiger partial charge in [-0.15, -0.1) is 12.4 Å². The summed E-state index contributed by atoms with van der Waals surface area (Å²) in [4.78, 5) is 17.9. The Hall–Kier alpha value is -1.47. The average Bonchev–Trinajstić information content (AvgIpc) is 3.05. The first-order valence-corrected chi connectivity index (χ1v) is 8.14. The van der Waals surface area contributed by atoms with Gasteiger partial charge in [-0.1, -0.05) is 41.7 Å². The van der Waals surface area contributed by atoms with E-state index in [1.54, 1.807) is 13.3 Å². The van der Waals surface area contributed by atoms with Crippen molar-refractivity contribution in [2.75, 3.05) is 25.5 Å². The quantitative estimate of drug-likeness (QED) is 0.887. The molecule has 0 atom stereocenters. The lowest BCUT2D eigenvalue weighted by Gasteiger charge is -2.34. The fourth-order valence-electron chi connectivity index (χ4n) is 2.63. The van der Waals surface area contributed by atoms with E-state index in [4.69, 9.17) is 4.74 Å². The highest BCUT2D eigenvalue weighted by atomic mass is 35.5. The summed E-state index contributed by atoms with van der Waals surface area (Å²) in [6.07, 6.45) is 3.13. The number of carbonyl (C=O) groups is 1. The maximum atomic E-state index is 12.6. The molecular weight excluding hydrogens is 334 g/mol. The normalized spacial score (nSPS) is 16.4. The predicted octanol–water partition coefficient (Wildman–Crippen LogP) is 2.94. The van der Waals surface area contributed by atoms with E-state index in [1.165, 1.54) is 11.3 Å². The molecule has 0 saturated carbocycles. The lowest BCUT2D eigenvalue weighted by Crippen LogP contribution is -2.51. The van der Waals surface area contributed by atoms with Gasteiger partial charge in [0.25, 0.3) is 5.91 Å². The highest BCUT2D eigenvalue weighted by Gasteiger charge is 2.40. The fourth-order valence-corrected chi connectivity index (χ4v) is 3.45. The van der Waals surface area contributed by atoms with Crippen LogP contribution in [0.25, 0.3) is 10.4 Å². The van der Waals surface area contributed by atoms with Crippen LogP contribution in [-0.4, -0.2) is 36.7 Å². The first-order valence-electron chi connectivity index (χ1n) is 7.32. The minimum Gasteiger partial charge on any atom is -0.368 e. The number of benzene rings is 1. The van der Waals surface area contributed by atoms with Crippen molar-refractivity contribution in [1.29, 1.82) is 0 Å². The molecule has 1 aliphatic heterocycles. The van der Waals surface area contributed by atoms with Crippen LogP contribution >= 0.6 is 23.7 Å². The lowest BCUT2D eigenvalue weighted by atomic mass is 9.91. The van der Waals surface area contributed by atoms with Gasteiger partial charge in [0.15, 0.2) is 5.13 Å². The summed E-state index contributed by atoms with van der Waals surface area (Å²) in [5.41, 5.74) is 0.355. The number of ether oxygens (including phenoxy) is 1. The molecule has 0 unspecified atom stereocenters. The Morgan fingerprint density at radius 1 is 1.30 bits per heavy atom. The third kappa shape index (κ3) is 3.90. The standard InChI is InChI=1S/C16H19N3O2S.ClH/c1-21-16(7-9-17-10-8-16)14(20)19-15-18-11-13(22-15)12-5-3-2-4-6-12;/h2-6,11,17H,7-10H2,1H3,(H,18,19,20);1H. The van der Waals surface area contributed by atoms with Crippen LogP contribution in [0.5, 0.6) is 0 Å². The summed E-state index contributed by atoms with van der Waals surface area (Å²) in [5.74, 6) is -0.106. The van der Waals surface area contributed by atoms with Crippen molar-refractivity contribution < 1.29 is 9.53 Å². The monoisotopic (exact) mass is 353 g/mol. The van der Waals surface area contributed by atoms with E-state index in [-0.39, 0.29) is 18.3 Å².